The fourth-order valence-corrected chi connectivity index (χ4v) is 5.11. The Labute approximate surface area is 263 Å². The van der Waals surface area contributed by atoms with E-state index in [2.05, 4.69) is 16.0 Å². The Hall–Kier alpha value is -4.44. The van der Waals surface area contributed by atoms with Gasteiger partial charge in [0.05, 0.1) is 23.1 Å². The molecule has 0 heterocycles. The highest BCUT2D eigenvalue weighted by Gasteiger charge is 2.19. The third-order valence-corrected chi connectivity index (χ3v) is 7.66. The van der Waals surface area contributed by atoms with Gasteiger partial charge < -0.3 is 25.8 Å². The van der Waals surface area contributed by atoms with Crippen molar-refractivity contribution in [2.75, 3.05) is 17.7 Å². The zero-order chi connectivity index (χ0) is 30.9. The fourth-order valence-electron chi connectivity index (χ4n) is 3.85. The lowest BCUT2D eigenvalue weighted by Crippen LogP contribution is -2.30. The normalized spacial score (nSPS) is 11.8. The smallest absolute Gasteiger partial charge is 0.272 e. The predicted molar refractivity (Wildman–Crippen MR) is 172 cm³/mol. The lowest BCUT2D eigenvalue weighted by molar-refractivity contribution is -0.115. The average Bonchev–Trinajstić information content (AvgIpc) is 2.99. The fraction of sp³-hybridized carbons (Fsp3) is 0.0938. The highest BCUT2D eigenvalue weighted by Crippen LogP contribution is 2.30. The quantitative estimate of drug-likeness (QED) is 0.108. The number of amides is 3. The SMILES string of the molecule is COc1cc(O)ccc1/C=C(/NC(=O)c1ccccc1)C(=O)Nc1cccc(SC(C)C(=O)Nc2cc(Cl)ccc2Cl)c1. The van der Waals surface area contributed by atoms with Crippen molar-refractivity contribution in [2.24, 2.45) is 0 Å². The van der Waals surface area contributed by atoms with E-state index in [1.54, 1.807) is 79.7 Å². The standard InChI is InChI=1S/C32H27Cl2N3O5S/c1-19(30(39)36-27-16-22(33)12-14-26(27)34)43-25-10-6-9-23(17-25)35-32(41)28(37-31(40)20-7-4-3-5-8-20)15-21-11-13-24(38)18-29(21)42-2/h3-19,38H,1-2H3,(H,35,41)(H,36,39)(H,37,40)/b28-15+. The van der Waals surface area contributed by atoms with E-state index in [9.17, 15) is 19.5 Å². The number of carbonyl (C=O) groups excluding carboxylic acids is 3. The summed E-state index contributed by atoms with van der Waals surface area (Å²) in [6.07, 6.45) is 1.46. The molecular weight excluding hydrogens is 609 g/mol. The van der Waals surface area contributed by atoms with Crippen LogP contribution in [-0.4, -0.2) is 35.2 Å². The molecular formula is C32H27Cl2N3O5S. The molecule has 0 aliphatic heterocycles. The Kier molecular flexibility index (Phi) is 10.7. The van der Waals surface area contributed by atoms with E-state index in [0.29, 0.717) is 38.3 Å². The van der Waals surface area contributed by atoms with Crippen molar-refractivity contribution in [1.29, 1.82) is 0 Å². The third kappa shape index (κ3) is 8.78. The van der Waals surface area contributed by atoms with Gasteiger partial charge >= 0.3 is 0 Å². The molecule has 220 valence electrons. The van der Waals surface area contributed by atoms with Gasteiger partial charge in [0.15, 0.2) is 0 Å². The highest BCUT2D eigenvalue weighted by atomic mass is 35.5. The molecule has 1 atom stereocenters. The first-order chi connectivity index (χ1) is 20.6. The van der Waals surface area contributed by atoms with E-state index >= 15 is 0 Å². The summed E-state index contributed by atoms with van der Waals surface area (Å²) in [5.41, 5.74) is 1.63. The van der Waals surface area contributed by atoms with Crippen LogP contribution in [0.3, 0.4) is 0 Å². The monoisotopic (exact) mass is 635 g/mol. The van der Waals surface area contributed by atoms with Crippen LogP contribution in [0.25, 0.3) is 6.08 Å². The first kappa shape index (κ1) is 31.5. The molecule has 0 aromatic heterocycles. The summed E-state index contributed by atoms with van der Waals surface area (Å²) in [6, 6.07) is 24.7. The first-order valence-corrected chi connectivity index (χ1v) is 14.6. The van der Waals surface area contributed by atoms with Gasteiger partial charge in [0.1, 0.15) is 17.2 Å². The molecule has 8 nitrogen and oxygen atoms in total. The summed E-state index contributed by atoms with van der Waals surface area (Å²) in [5, 5.41) is 18.4. The number of hydrogen-bond donors (Lipinski definition) is 4. The maximum absolute atomic E-state index is 13.5. The minimum absolute atomic E-state index is 0.0128. The van der Waals surface area contributed by atoms with Gasteiger partial charge in [0, 0.05) is 32.8 Å². The van der Waals surface area contributed by atoms with E-state index in [1.807, 2.05) is 6.07 Å². The molecule has 0 radical (unpaired) electrons. The summed E-state index contributed by atoms with van der Waals surface area (Å²) in [4.78, 5) is 40.0. The van der Waals surface area contributed by atoms with Crippen LogP contribution < -0.4 is 20.7 Å². The van der Waals surface area contributed by atoms with Gasteiger partial charge in [0.25, 0.3) is 11.8 Å². The molecule has 0 saturated carbocycles. The molecule has 4 rings (SSSR count). The van der Waals surface area contributed by atoms with Crippen LogP contribution in [-0.2, 0) is 9.59 Å². The molecule has 0 aliphatic rings. The molecule has 1 unspecified atom stereocenters. The Morgan fingerprint density at radius 1 is 0.907 bits per heavy atom. The van der Waals surface area contributed by atoms with E-state index in [-0.39, 0.29) is 17.4 Å². The number of nitrogens with one attached hydrogen (secondary N) is 3. The van der Waals surface area contributed by atoms with Gasteiger partial charge in [-0.05, 0) is 73.7 Å². The molecule has 0 spiro atoms. The molecule has 0 fully saturated rings. The van der Waals surface area contributed by atoms with Crippen LogP contribution in [0.15, 0.2) is 102 Å². The van der Waals surface area contributed by atoms with Crippen LogP contribution in [0.5, 0.6) is 11.5 Å². The zero-order valence-corrected chi connectivity index (χ0v) is 25.4. The van der Waals surface area contributed by atoms with Crippen LogP contribution >= 0.6 is 35.0 Å². The topological polar surface area (TPSA) is 117 Å². The molecule has 11 heteroatoms. The van der Waals surface area contributed by atoms with Gasteiger partial charge in [-0.3, -0.25) is 14.4 Å². The van der Waals surface area contributed by atoms with Gasteiger partial charge in [-0.25, -0.2) is 0 Å². The minimum Gasteiger partial charge on any atom is -0.508 e. The number of aromatic hydroxyl groups is 1. The summed E-state index contributed by atoms with van der Waals surface area (Å²) >= 11 is 13.5. The summed E-state index contributed by atoms with van der Waals surface area (Å²) < 4.78 is 5.34. The number of phenols is 1. The predicted octanol–water partition coefficient (Wildman–Crippen LogP) is 7.24. The third-order valence-electron chi connectivity index (χ3n) is 6.01. The van der Waals surface area contributed by atoms with Crippen molar-refractivity contribution < 1.29 is 24.2 Å². The maximum atomic E-state index is 13.5. The van der Waals surface area contributed by atoms with E-state index in [4.69, 9.17) is 27.9 Å². The average molecular weight is 637 g/mol. The van der Waals surface area contributed by atoms with Gasteiger partial charge in [-0.2, -0.15) is 0 Å². The number of carbonyl (C=O) groups is 3. The Morgan fingerprint density at radius 3 is 2.42 bits per heavy atom. The molecule has 0 aliphatic carbocycles. The number of halogens is 2. The summed E-state index contributed by atoms with van der Waals surface area (Å²) in [5.74, 6) is -1.06. The summed E-state index contributed by atoms with van der Waals surface area (Å²) in [7, 11) is 1.43. The Balaban J connectivity index is 1.52. The first-order valence-electron chi connectivity index (χ1n) is 12.9. The maximum Gasteiger partial charge on any atom is 0.272 e. The van der Waals surface area contributed by atoms with Crippen LogP contribution in [0.1, 0.15) is 22.8 Å². The zero-order valence-electron chi connectivity index (χ0n) is 23.1. The second kappa shape index (κ2) is 14.6. The molecule has 3 amide bonds. The van der Waals surface area contributed by atoms with Crippen molar-refractivity contribution >= 4 is 70.1 Å². The summed E-state index contributed by atoms with van der Waals surface area (Å²) in [6.45, 7) is 1.74. The van der Waals surface area contributed by atoms with Crippen LogP contribution in [0, 0.1) is 0 Å². The molecule has 0 bridgehead atoms. The van der Waals surface area contributed by atoms with Gasteiger partial charge in [-0.15, -0.1) is 11.8 Å². The number of phenolic OH excluding ortho intramolecular Hbond substituents is 1. The van der Waals surface area contributed by atoms with Crippen molar-refractivity contribution in [3.05, 3.63) is 118 Å². The second-order valence-electron chi connectivity index (χ2n) is 9.16. The number of methoxy groups -OCH3 is 1. The van der Waals surface area contributed by atoms with E-state index in [0.717, 1.165) is 4.90 Å². The van der Waals surface area contributed by atoms with Crippen LogP contribution in [0.2, 0.25) is 10.0 Å². The van der Waals surface area contributed by atoms with Gasteiger partial charge in [0.2, 0.25) is 5.91 Å². The van der Waals surface area contributed by atoms with Crippen molar-refractivity contribution in [3.8, 4) is 11.5 Å². The molecule has 4 aromatic carbocycles. The molecule has 4 aromatic rings. The largest absolute Gasteiger partial charge is 0.508 e. The lowest BCUT2D eigenvalue weighted by atomic mass is 10.1. The number of thioether (sulfide) groups is 1. The van der Waals surface area contributed by atoms with Crippen molar-refractivity contribution in [1.82, 2.24) is 5.32 Å². The molecule has 43 heavy (non-hydrogen) atoms. The number of anilines is 2. The minimum atomic E-state index is -0.594. The molecule has 0 saturated heterocycles. The van der Waals surface area contributed by atoms with Crippen LogP contribution in [0.4, 0.5) is 11.4 Å². The van der Waals surface area contributed by atoms with Gasteiger partial charge in [-0.1, -0.05) is 47.5 Å². The van der Waals surface area contributed by atoms with Crippen molar-refractivity contribution in [2.45, 2.75) is 17.1 Å². The highest BCUT2D eigenvalue weighted by molar-refractivity contribution is 8.00. The lowest BCUT2D eigenvalue weighted by Gasteiger charge is -2.15. The van der Waals surface area contributed by atoms with E-state index in [1.165, 1.54) is 37.1 Å². The second-order valence-corrected chi connectivity index (χ2v) is 11.4. The number of ether oxygens (including phenoxy) is 1. The number of rotatable bonds is 10. The van der Waals surface area contributed by atoms with E-state index < -0.39 is 17.1 Å². The number of benzene rings is 4. The Bertz CT molecular complexity index is 1680. The molecule has 4 N–H and O–H groups in total. The Morgan fingerprint density at radius 2 is 1.67 bits per heavy atom. The number of hydrogen-bond acceptors (Lipinski definition) is 6. The van der Waals surface area contributed by atoms with Crippen molar-refractivity contribution in [3.63, 3.8) is 0 Å².